The second-order valence-electron chi connectivity index (χ2n) is 4.45. The third-order valence-corrected chi connectivity index (χ3v) is 3.11. The van der Waals surface area contributed by atoms with Crippen molar-refractivity contribution in [2.75, 3.05) is 24.1 Å². The highest BCUT2D eigenvalue weighted by molar-refractivity contribution is 5.84. The van der Waals surface area contributed by atoms with Crippen molar-refractivity contribution in [1.29, 1.82) is 0 Å². The molecule has 1 aromatic carbocycles. The van der Waals surface area contributed by atoms with Crippen LogP contribution in [0.3, 0.4) is 0 Å². The van der Waals surface area contributed by atoms with Gasteiger partial charge in [-0.1, -0.05) is 6.07 Å². The minimum absolute atomic E-state index is 0.110. The van der Waals surface area contributed by atoms with Crippen LogP contribution >= 0.6 is 0 Å². The molecule has 0 saturated carbocycles. The van der Waals surface area contributed by atoms with Gasteiger partial charge in [0.25, 0.3) is 0 Å². The average molecular weight is 249 g/mol. The quantitative estimate of drug-likeness (QED) is 0.787. The summed E-state index contributed by atoms with van der Waals surface area (Å²) in [5.41, 5.74) is 8.51. The number of anilines is 2. The van der Waals surface area contributed by atoms with E-state index in [1.807, 2.05) is 50.8 Å². The normalized spacial score (nSPS) is 12.0. The number of hydrogen-bond acceptors (Lipinski definition) is 3. The summed E-state index contributed by atoms with van der Waals surface area (Å²) in [6.45, 7) is 9.27. The maximum absolute atomic E-state index is 12.1. The smallest absolute Gasteiger partial charge is 0.244 e. The summed E-state index contributed by atoms with van der Waals surface area (Å²) in [7, 11) is 0. The van der Waals surface area contributed by atoms with E-state index >= 15 is 0 Å². The average Bonchev–Trinajstić information content (AvgIpc) is 2.35. The van der Waals surface area contributed by atoms with Crippen molar-refractivity contribution in [1.82, 2.24) is 4.90 Å². The Labute approximate surface area is 109 Å². The molecule has 4 heteroatoms. The molecule has 3 N–H and O–H groups in total. The van der Waals surface area contributed by atoms with Crippen LogP contribution in [0.4, 0.5) is 11.4 Å². The molecule has 0 fully saturated rings. The minimum Gasteiger partial charge on any atom is -0.398 e. The lowest BCUT2D eigenvalue weighted by molar-refractivity contribution is -0.131. The molecule has 0 saturated heterocycles. The second kappa shape index (κ2) is 6.28. The standard InChI is InChI=1S/C14H23N3O/c1-5-17(6-2)14(18)11(4)16-12-8-7-10(3)13(15)9-12/h7-9,11,16H,5-6,15H2,1-4H3. The zero-order valence-corrected chi connectivity index (χ0v) is 11.7. The fourth-order valence-corrected chi connectivity index (χ4v) is 1.85. The highest BCUT2D eigenvalue weighted by Gasteiger charge is 2.17. The molecule has 0 spiro atoms. The van der Waals surface area contributed by atoms with Crippen molar-refractivity contribution < 1.29 is 4.79 Å². The number of nitrogens with zero attached hydrogens (tertiary/aromatic N) is 1. The van der Waals surface area contributed by atoms with Gasteiger partial charge < -0.3 is 16.0 Å². The lowest BCUT2D eigenvalue weighted by Gasteiger charge is -2.24. The molecule has 1 unspecified atom stereocenters. The van der Waals surface area contributed by atoms with E-state index in [9.17, 15) is 4.79 Å². The Morgan fingerprint density at radius 2 is 2.00 bits per heavy atom. The SMILES string of the molecule is CCN(CC)C(=O)C(C)Nc1ccc(C)c(N)c1. The summed E-state index contributed by atoms with van der Waals surface area (Å²) in [6.07, 6.45) is 0. The van der Waals surface area contributed by atoms with Crippen LogP contribution in [0.1, 0.15) is 26.3 Å². The minimum atomic E-state index is -0.244. The van der Waals surface area contributed by atoms with E-state index in [4.69, 9.17) is 5.73 Å². The topological polar surface area (TPSA) is 58.4 Å². The third kappa shape index (κ3) is 3.39. The van der Waals surface area contributed by atoms with Crippen molar-refractivity contribution in [3.63, 3.8) is 0 Å². The summed E-state index contributed by atoms with van der Waals surface area (Å²) in [6, 6.07) is 5.51. The van der Waals surface area contributed by atoms with Gasteiger partial charge in [-0.3, -0.25) is 4.79 Å². The fraction of sp³-hybridized carbons (Fsp3) is 0.500. The van der Waals surface area contributed by atoms with Gasteiger partial charge in [0.1, 0.15) is 6.04 Å². The van der Waals surface area contributed by atoms with Crippen LogP contribution in [0, 0.1) is 6.92 Å². The predicted molar refractivity (Wildman–Crippen MR) is 76.6 cm³/mol. The van der Waals surface area contributed by atoms with Gasteiger partial charge in [0.15, 0.2) is 0 Å². The monoisotopic (exact) mass is 249 g/mol. The predicted octanol–water partition coefficient (Wildman–Crippen LogP) is 2.25. The maximum atomic E-state index is 12.1. The van der Waals surface area contributed by atoms with Gasteiger partial charge in [-0.2, -0.15) is 0 Å². The number of nitrogen functional groups attached to an aromatic ring is 1. The largest absolute Gasteiger partial charge is 0.398 e. The summed E-state index contributed by atoms with van der Waals surface area (Å²) in [5.74, 6) is 0.110. The highest BCUT2D eigenvalue weighted by Crippen LogP contribution is 2.17. The number of carbonyl (C=O) groups is 1. The molecular formula is C14H23N3O. The van der Waals surface area contributed by atoms with Gasteiger partial charge in [0, 0.05) is 24.5 Å². The fourth-order valence-electron chi connectivity index (χ4n) is 1.85. The summed E-state index contributed by atoms with van der Waals surface area (Å²) >= 11 is 0. The third-order valence-electron chi connectivity index (χ3n) is 3.11. The van der Waals surface area contributed by atoms with Crippen LogP contribution in [-0.4, -0.2) is 29.9 Å². The second-order valence-corrected chi connectivity index (χ2v) is 4.45. The van der Waals surface area contributed by atoms with Crippen molar-refractivity contribution in [2.24, 2.45) is 0 Å². The van der Waals surface area contributed by atoms with Crippen molar-refractivity contribution in [3.8, 4) is 0 Å². The Morgan fingerprint density at radius 3 is 2.50 bits per heavy atom. The number of nitrogens with two attached hydrogens (primary N) is 1. The molecule has 0 aliphatic rings. The number of hydrogen-bond donors (Lipinski definition) is 2. The molecule has 1 amide bonds. The van der Waals surface area contributed by atoms with Gasteiger partial charge in [0.05, 0.1) is 0 Å². The van der Waals surface area contributed by atoms with E-state index in [2.05, 4.69) is 5.32 Å². The number of carbonyl (C=O) groups excluding carboxylic acids is 1. The maximum Gasteiger partial charge on any atom is 0.244 e. The first-order valence-corrected chi connectivity index (χ1v) is 6.41. The zero-order chi connectivity index (χ0) is 13.7. The van der Waals surface area contributed by atoms with Crippen LogP contribution in [-0.2, 0) is 4.79 Å². The van der Waals surface area contributed by atoms with Crippen LogP contribution in [0.5, 0.6) is 0 Å². The summed E-state index contributed by atoms with van der Waals surface area (Å²) < 4.78 is 0. The van der Waals surface area contributed by atoms with Crippen LogP contribution in [0.2, 0.25) is 0 Å². The van der Waals surface area contributed by atoms with E-state index in [-0.39, 0.29) is 11.9 Å². The number of likely N-dealkylation sites (N-methyl/N-ethyl adjacent to an activating group) is 1. The molecule has 0 aliphatic heterocycles. The highest BCUT2D eigenvalue weighted by atomic mass is 16.2. The molecule has 4 nitrogen and oxygen atoms in total. The zero-order valence-electron chi connectivity index (χ0n) is 11.7. The summed E-state index contributed by atoms with van der Waals surface area (Å²) in [5, 5.41) is 3.19. The van der Waals surface area contributed by atoms with Crippen molar-refractivity contribution in [3.05, 3.63) is 23.8 Å². The van der Waals surface area contributed by atoms with Gasteiger partial charge in [-0.15, -0.1) is 0 Å². The molecule has 1 aromatic rings. The summed E-state index contributed by atoms with van der Waals surface area (Å²) in [4.78, 5) is 13.9. The van der Waals surface area contributed by atoms with Crippen molar-refractivity contribution in [2.45, 2.75) is 33.7 Å². The number of aryl methyl sites for hydroxylation is 1. The number of amides is 1. The lowest BCUT2D eigenvalue weighted by atomic mass is 10.1. The van der Waals surface area contributed by atoms with Gasteiger partial charge in [0.2, 0.25) is 5.91 Å². The Hall–Kier alpha value is -1.71. The molecule has 18 heavy (non-hydrogen) atoms. The Balaban J connectivity index is 2.71. The Kier molecular flexibility index (Phi) is 5.01. The first-order valence-electron chi connectivity index (χ1n) is 6.41. The first-order chi connectivity index (χ1) is 8.49. The Bertz CT molecular complexity index is 414. The van der Waals surface area contributed by atoms with Crippen LogP contribution < -0.4 is 11.1 Å². The van der Waals surface area contributed by atoms with E-state index in [0.29, 0.717) is 0 Å². The van der Waals surface area contributed by atoms with Crippen LogP contribution in [0.15, 0.2) is 18.2 Å². The van der Waals surface area contributed by atoms with Gasteiger partial charge >= 0.3 is 0 Å². The molecule has 0 aliphatic carbocycles. The molecule has 0 aromatic heterocycles. The van der Waals surface area contributed by atoms with E-state index in [0.717, 1.165) is 30.0 Å². The number of nitrogens with one attached hydrogen (secondary N) is 1. The molecule has 100 valence electrons. The Morgan fingerprint density at radius 1 is 1.39 bits per heavy atom. The molecule has 1 atom stereocenters. The number of rotatable bonds is 5. The van der Waals surface area contributed by atoms with E-state index < -0.39 is 0 Å². The molecule has 0 heterocycles. The molecular weight excluding hydrogens is 226 g/mol. The molecule has 0 bridgehead atoms. The lowest BCUT2D eigenvalue weighted by Crippen LogP contribution is -2.41. The van der Waals surface area contributed by atoms with Crippen molar-refractivity contribution >= 4 is 17.3 Å². The molecule has 1 rings (SSSR count). The van der Waals surface area contributed by atoms with Gasteiger partial charge in [-0.05, 0) is 45.4 Å². The van der Waals surface area contributed by atoms with Crippen LogP contribution in [0.25, 0.3) is 0 Å². The van der Waals surface area contributed by atoms with E-state index in [1.54, 1.807) is 0 Å². The van der Waals surface area contributed by atoms with Gasteiger partial charge in [-0.25, -0.2) is 0 Å². The number of benzene rings is 1. The van der Waals surface area contributed by atoms with E-state index in [1.165, 1.54) is 0 Å². The molecule has 0 radical (unpaired) electrons. The first kappa shape index (κ1) is 14.4.